The van der Waals surface area contributed by atoms with Crippen molar-refractivity contribution >= 4 is 34.2 Å². The van der Waals surface area contributed by atoms with Gasteiger partial charge in [-0.1, -0.05) is 25.3 Å². The molecule has 0 atom stereocenters. The number of hydrogen-bond acceptors (Lipinski definition) is 9. The van der Waals surface area contributed by atoms with Gasteiger partial charge in [-0.25, -0.2) is 4.79 Å². The van der Waals surface area contributed by atoms with Gasteiger partial charge in [-0.15, -0.1) is 0 Å². The number of benzene rings is 3. The van der Waals surface area contributed by atoms with Crippen LogP contribution in [0.3, 0.4) is 0 Å². The average molecular weight is 655 g/mol. The van der Waals surface area contributed by atoms with Crippen LogP contribution in [0.1, 0.15) is 66.4 Å². The fraction of sp³-hybridized carbons (Fsp3) is 0.421. The number of anilines is 2. The standard InChI is InChI=1S/C38H46N4O6/c1-4-47-38(44)28-12-16-32-34(23-28)42(24-35(43)45-2)37(36(32)26-8-6-5-7-9-26)27-10-14-31(15-11-27)48-25-29-22-30(40-46-3)13-17-33(29)41-20-18-39-19-21-41/h10-17,22-23,26,39-40H,4-9,18-21,24-25H2,1-3H3. The largest absolute Gasteiger partial charge is 0.489 e. The van der Waals surface area contributed by atoms with Crippen molar-refractivity contribution < 1.29 is 28.6 Å². The van der Waals surface area contributed by atoms with E-state index in [1.807, 2.05) is 41.0 Å². The Bertz CT molecular complexity index is 1720. The minimum atomic E-state index is -0.379. The minimum Gasteiger partial charge on any atom is -0.489 e. The van der Waals surface area contributed by atoms with E-state index in [2.05, 4.69) is 40.0 Å². The minimum absolute atomic E-state index is 0.0280. The molecule has 1 saturated heterocycles. The molecule has 3 aromatic carbocycles. The quantitative estimate of drug-likeness (QED) is 0.128. The summed E-state index contributed by atoms with van der Waals surface area (Å²) >= 11 is 0. The summed E-state index contributed by atoms with van der Waals surface area (Å²) in [5, 5.41) is 4.48. The zero-order chi connectivity index (χ0) is 33.5. The molecule has 0 radical (unpaired) electrons. The zero-order valence-electron chi connectivity index (χ0n) is 28.2. The van der Waals surface area contributed by atoms with Crippen LogP contribution in [0.2, 0.25) is 0 Å². The van der Waals surface area contributed by atoms with Crippen LogP contribution in [0, 0.1) is 0 Å². The zero-order valence-corrected chi connectivity index (χ0v) is 28.2. The lowest BCUT2D eigenvalue weighted by Gasteiger charge is -2.31. The Hall–Kier alpha value is -4.54. The van der Waals surface area contributed by atoms with E-state index >= 15 is 0 Å². The average Bonchev–Trinajstić information content (AvgIpc) is 3.44. The number of carbonyl (C=O) groups excluding carboxylic acids is 2. The molecule has 0 amide bonds. The van der Waals surface area contributed by atoms with Gasteiger partial charge >= 0.3 is 11.9 Å². The summed E-state index contributed by atoms with van der Waals surface area (Å²) in [7, 11) is 3.01. The number of rotatable bonds is 12. The van der Waals surface area contributed by atoms with Crippen LogP contribution in [0.15, 0.2) is 60.7 Å². The van der Waals surface area contributed by atoms with Gasteiger partial charge < -0.3 is 29.0 Å². The number of hydrogen-bond donors (Lipinski definition) is 2. The summed E-state index contributed by atoms with van der Waals surface area (Å²) < 4.78 is 18.9. The molecule has 0 bridgehead atoms. The van der Waals surface area contributed by atoms with Crippen molar-refractivity contribution in [2.24, 2.45) is 0 Å². The topological polar surface area (TPSA) is 103 Å². The van der Waals surface area contributed by atoms with Gasteiger partial charge in [0, 0.05) is 42.8 Å². The lowest BCUT2D eigenvalue weighted by atomic mass is 9.82. The number of piperazine rings is 1. The first-order chi connectivity index (χ1) is 23.5. The van der Waals surface area contributed by atoms with Crippen LogP contribution in [-0.2, 0) is 32.3 Å². The predicted molar refractivity (Wildman–Crippen MR) is 188 cm³/mol. The molecule has 6 rings (SSSR count). The number of ether oxygens (including phenoxy) is 3. The van der Waals surface area contributed by atoms with E-state index in [-0.39, 0.29) is 18.5 Å². The van der Waals surface area contributed by atoms with Crippen molar-refractivity contribution in [2.75, 3.05) is 57.4 Å². The second kappa shape index (κ2) is 15.6. The second-order valence-corrected chi connectivity index (χ2v) is 12.4. The van der Waals surface area contributed by atoms with Gasteiger partial charge in [0.15, 0.2) is 0 Å². The lowest BCUT2D eigenvalue weighted by molar-refractivity contribution is -0.141. The predicted octanol–water partition coefficient (Wildman–Crippen LogP) is 6.67. The third-order valence-corrected chi connectivity index (χ3v) is 9.42. The summed E-state index contributed by atoms with van der Waals surface area (Å²) in [5.41, 5.74) is 10.5. The second-order valence-electron chi connectivity index (χ2n) is 12.4. The molecule has 1 saturated carbocycles. The van der Waals surface area contributed by atoms with Crippen LogP contribution in [0.5, 0.6) is 5.75 Å². The highest BCUT2D eigenvalue weighted by molar-refractivity contribution is 5.99. The molecular formula is C38H46N4O6. The van der Waals surface area contributed by atoms with Crippen molar-refractivity contribution in [3.05, 3.63) is 77.4 Å². The number of nitrogens with one attached hydrogen (secondary N) is 2. The molecule has 4 aromatic rings. The Balaban J connectivity index is 1.36. The molecule has 0 spiro atoms. The maximum Gasteiger partial charge on any atom is 0.338 e. The van der Waals surface area contributed by atoms with Crippen LogP contribution >= 0.6 is 0 Å². The van der Waals surface area contributed by atoms with Crippen molar-refractivity contribution in [3.8, 4) is 17.0 Å². The third kappa shape index (κ3) is 7.29. The molecule has 2 fully saturated rings. The van der Waals surface area contributed by atoms with E-state index in [1.54, 1.807) is 14.0 Å². The highest BCUT2D eigenvalue weighted by atomic mass is 16.6. The monoisotopic (exact) mass is 654 g/mol. The van der Waals surface area contributed by atoms with Crippen LogP contribution in [0.4, 0.5) is 11.4 Å². The summed E-state index contributed by atoms with van der Waals surface area (Å²) in [4.78, 5) is 33.1. The SMILES string of the molecule is CCOC(=O)c1ccc2c(C3CCCCC3)c(-c3ccc(OCc4cc(NOC)ccc4N4CCNCC4)cc3)n(CC(=O)OC)c2c1. The molecule has 10 nitrogen and oxygen atoms in total. The summed E-state index contributed by atoms with van der Waals surface area (Å²) in [5.74, 6) is 0.358. The maximum atomic E-state index is 12.8. The van der Waals surface area contributed by atoms with E-state index in [9.17, 15) is 9.59 Å². The van der Waals surface area contributed by atoms with Gasteiger partial charge in [0.1, 0.15) is 18.9 Å². The van der Waals surface area contributed by atoms with Gasteiger partial charge in [0.25, 0.3) is 0 Å². The van der Waals surface area contributed by atoms with Gasteiger partial charge in [0.05, 0.1) is 43.3 Å². The van der Waals surface area contributed by atoms with E-state index < -0.39 is 0 Å². The molecule has 2 heterocycles. The number of carbonyl (C=O) groups is 2. The van der Waals surface area contributed by atoms with Crippen molar-refractivity contribution in [3.63, 3.8) is 0 Å². The number of esters is 2. The van der Waals surface area contributed by atoms with Gasteiger partial charge in [-0.3, -0.25) is 15.1 Å². The lowest BCUT2D eigenvalue weighted by Crippen LogP contribution is -2.43. The Morgan fingerprint density at radius 1 is 0.938 bits per heavy atom. The molecule has 2 N–H and O–H groups in total. The normalized spacial score (nSPS) is 15.4. The Kier molecular flexibility index (Phi) is 10.8. The molecule has 0 unspecified atom stereocenters. The Labute approximate surface area is 282 Å². The smallest absolute Gasteiger partial charge is 0.338 e. The molecule has 1 aliphatic heterocycles. The Morgan fingerprint density at radius 2 is 1.71 bits per heavy atom. The number of methoxy groups -OCH3 is 1. The molecule has 254 valence electrons. The van der Waals surface area contributed by atoms with E-state index in [1.165, 1.54) is 31.9 Å². The number of nitrogens with zero attached hydrogens (tertiary/aromatic N) is 2. The summed E-state index contributed by atoms with van der Waals surface area (Å²) in [6, 6.07) is 20.0. The molecule has 10 heteroatoms. The first-order valence-corrected chi connectivity index (χ1v) is 17.0. The third-order valence-electron chi connectivity index (χ3n) is 9.42. The highest BCUT2D eigenvalue weighted by Gasteiger charge is 2.28. The first kappa shape index (κ1) is 33.4. The Morgan fingerprint density at radius 3 is 2.42 bits per heavy atom. The molecule has 1 aliphatic carbocycles. The van der Waals surface area contributed by atoms with Crippen molar-refractivity contribution in [1.29, 1.82) is 0 Å². The molecule has 48 heavy (non-hydrogen) atoms. The van der Waals surface area contributed by atoms with Crippen LogP contribution < -0.4 is 20.4 Å². The molecule has 2 aliphatic rings. The number of fused-ring (bicyclic) bond motifs is 1. The summed E-state index contributed by atoms with van der Waals surface area (Å²) in [6.45, 7) is 6.26. The van der Waals surface area contributed by atoms with E-state index in [0.717, 1.165) is 83.9 Å². The molecule has 1 aromatic heterocycles. The molecular weight excluding hydrogens is 608 g/mol. The van der Waals surface area contributed by atoms with Gasteiger partial charge in [-0.2, -0.15) is 0 Å². The fourth-order valence-electron chi connectivity index (χ4n) is 7.16. The fourth-order valence-corrected chi connectivity index (χ4v) is 7.16. The van der Waals surface area contributed by atoms with E-state index in [0.29, 0.717) is 24.7 Å². The van der Waals surface area contributed by atoms with Crippen LogP contribution in [-0.4, -0.2) is 63.5 Å². The van der Waals surface area contributed by atoms with Crippen molar-refractivity contribution in [1.82, 2.24) is 9.88 Å². The highest BCUT2D eigenvalue weighted by Crippen LogP contribution is 2.44. The van der Waals surface area contributed by atoms with Gasteiger partial charge in [-0.05, 0) is 91.4 Å². The van der Waals surface area contributed by atoms with Gasteiger partial charge in [0.2, 0.25) is 0 Å². The maximum absolute atomic E-state index is 12.8. The summed E-state index contributed by atoms with van der Waals surface area (Å²) in [6.07, 6.45) is 5.72. The van der Waals surface area contributed by atoms with Crippen LogP contribution in [0.25, 0.3) is 22.2 Å². The van der Waals surface area contributed by atoms with Crippen molar-refractivity contribution in [2.45, 2.75) is 58.1 Å². The number of aromatic nitrogens is 1. The first-order valence-electron chi connectivity index (χ1n) is 17.0. The van der Waals surface area contributed by atoms with E-state index in [4.69, 9.17) is 19.0 Å².